The molecule has 0 spiro atoms. The molecule has 4 saturated carbocycles. The molecule has 0 saturated heterocycles. The highest BCUT2D eigenvalue weighted by molar-refractivity contribution is 6.04. The van der Waals surface area contributed by atoms with E-state index in [-0.39, 0.29) is 56.7 Å². The Kier molecular flexibility index (Phi) is 5.26. The van der Waals surface area contributed by atoms with E-state index in [0.29, 0.717) is 17.8 Å². The van der Waals surface area contributed by atoms with Crippen LogP contribution in [0.25, 0.3) is 4.85 Å². The van der Waals surface area contributed by atoms with Crippen LogP contribution in [0.5, 0.6) is 0 Å². The third kappa shape index (κ3) is 3.12. The van der Waals surface area contributed by atoms with Gasteiger partial charge in [-0.25, -0.2) is 0 Å². The summed E-state index contributed by atoms with van der Waals surface area (Å²) >= 11 is 0. The molecule has 0 aromatic carbocycles. The number of allylic oxidation sites excluding steroid dienone is 2. The van der Waals surface area contributed by atoms with E-state index in [1.165, 1.54) is 0 Å². The highest BCUT2D eigenvalue weighted by Crippen LogP contribution is 2.74. The molecular weight excluding hydrogens is 432 g/mol. The number of nitrogens with two attached hydrogens (primary N) is 1. The van der Waals surface area contributed by atoms with Gasteiger partial charge in [-0.05, 0) is 84.4 Å². The van der Waals surface area contributed by atoms with Crippen LogP contribution in [0, 0.1) is 56.8 Å². The Balaban J connectivity index is 1.63. The first-order valence-corrected chi connectivity index (χ1v) is 14.0. The Morgan fingerprint density at radius 2 is 1.57 bits per heavy atom. The highest BCUT2D eigenvalue weighted by atomic mass is 16.1. The summed E-state index contributed by atoms with van der Waals surface area (Å²) in [5.74, 6) is 1.35. The van der Waals surface area contributed by atoms with Crippen LogP contribution in [0.15, 0.2) is 11.6 Å². The Morgan fingerprint density at radius 3 is 2.23 bits per heavy atom. The maximum atomic E-state index is 14.3. The van der Waals surface area contributed by atoms with Gasteiger partial charge in [0.15, 0.2) is 5.78 Å². The van der Waals surface area contributed by atoms with Crippen LogP contribution in [-0.4, -0.2) is 24.2 Å². The van der Waals surface area contributed by atoms with Crippen molar-refractivity contribution in [2.75, 3.05) is 7.05 Å². The van der Waals surface area contributed by atoms with Crippen molar-refractivity contribution < 1.29 is 9.59 Å². The van der Waals surface area contributed by atoms with Gasteiger partial charge in [-0.15, -0.1) is 0 Å². The van der Waals surface area contributed by atoms with Crippen molar-refractivity contribution in [2.45, 2.75) is 105 Å². The van der Waals surface area contributed by atoms with Crippen LogP contribution in [0.1, 0.15) is 99.8 Å². The lowest BCUT2D eigenvalue weighted by atomic mass is 9.32. The molecule has 2 N–H and O–H groups in total. The number of carbonyl (C=O) groups is 2. The Hall–Kier alpha value is -1.47. The SMILES string of the molecule is C[N+]#CC1=C[C@]2(C)[C@H]3CC(=O)[C@@H]4[C@@H]5CC(C)(C)CC[C@]5(N)CC[C@@]4(C)[C@]3(C)CC[C@H]2C(C)(C)C1=O. The molecule has 0 aliphatic heterocycles. The minimum Gasteiger partial charge on any atom is -0.325 e. The van der Waals surface area contributed by atoms with E-state index in [2.05, 4.69) is 65.5 Å². The van der Waals surface area contributed by atoms with Crippen molar-refractivity contribution >= 4 is 11.6 Å². The van der Waals surface area contributed by atoms with Gasteiger partial charge in [0.2, 0.25) is 0 Å². The maximum Gasteiger partial charge on any atom is 0.314 e. The number of ketones is 2. The van der Waals surface area contributed by atoms with Crippen LogP contribution >= 0.6 is 0 Å². The van der Waals surface area contributed by atoms with Crippen molar-refractivity contribution in [3.05, 3.63) is 16.5 Å². The van der Waals surface area contributed by atoms with Crippen molar-refractivity contribution in [3.63, 3.8) is 0 Å². The first-order valence-electron chi connectivity index (χ1n) is 14.0. The number of fused-ring (bicyclic) bond motifs is 7. The van der Waals surface area contributed by atoms with E-state index >= 15 is 0 Å². The first kappa shape index (κ1) is 25.2. The molecule has 8 atom stereocenters. The Morgan fingerprint density at radius 1 is 0.914 bits per heavy atom. The number of nitrogens with zero attached hydrogens (tertiary/aromatic N) is 1. The molecule has 0 aromatic rings. The minimum absolute atomic E-state index is 0.0290. The normalized spacial score (nSPS) is 49.9. The fourth-order valence-electron chi connectivity index (χ4n) is 10.5. The van der Waals surface area contributed by atoms with E-state index in [0.717, 1.165) is 44.9 Å². The topological polar surface area (TPSA) is 64.5 Å². The van der Waals surface area contributed by atoms with E-state index < -0.39 is 5.41 Å². The maximum absolute atomic E-state index is 14.3. The molecule has 5 aliphatic carbocycles. The van der Waals surface area contributed by atoms with Crippen LogP contribution in [0.4, 0.5) is 0 Å². The second-order valence-electron chi connectivity index (χ2n) is 15.1. The standard InChI is InChI=1S/C31H47N2O2/c1-26(2)11-13-31(32)14-12-30(7)24(20(31)17-26)21(34)15-23-28(5)16-19(18-33-8)25(35)27(3,4)22(28)9-10-29(23,30)6/h16,20,22-24H,9-15,17,32H2,1-8H3/q+1/t20-,22-,23+,24-,28-,29+,30+,31-/m0/s1. The van der Waals surface area contributed by atoms with Gasteiger partial charge in [0.25, 0.3) is 7.05 Å². The zero-order chi connectivity index (χ0) is 25.8. The third-order valence-corrected chi connectivity index (χ3v) is 12.6. The van der Waals surface area contributed by atoms with E-state index in [1.807, 2.05) is 0 Å². The molecule has 0 bridgehead atoms. The number of carbonyl (C=O) groups excluding carboxylic acids is 2. The van der Waals surface area contributed by atoms with Gasteiger partial charge in [-0.2, -0.15) is 0 Å². The molecule has 0 heterocycles. The van der Waals surface area contributed by atoms with E-state index in [1.54, 1.807) is 7.05 Å². The van der Waals surface area contributed by atoms with Gasteiger partial charge in [-0.1, -0.05) is 59.4 Å². The fraction of sp³-hybridized carbons (Fsp3) is 0.839. The zero-order valence-corrected chi connectivity index (χ0v) is 23.4. The van der Waals surface area contributed by atoms with Crippen molar-refractivity contribution in [1.29, 1.82) is 0 Å². The minimum atomic E-state index is -0.481. The summed E-state index contributed by atoms with van der Waals surface area (Å²) in [6, 6.07) is 3.02. The number of rotatable bonds is 0. The van der Waals surface area contributed by atoms with E-state index in [9.17, 15) is 9.59 Å². The Labute approximate surface area is 212 Å². The second kappa shape index (κ2) is 7.31. The smallest absolute Gasteiger partial charge is 0.314 e. The first-order chi connectivity index (χ1) is 16.1. The van der Waals surface area contributed by atoms with Gasteiger partial charge in [-0.3, -0.25) is 9.59 Å². The third-order valence-electron chi connectivity index (χ3n) is 12.6. The lowest BCUT2D eigenvalue weighted by Crippen LogP contribution is -2.71. The average molecular weight is 480 g/mol. The predicted octanol–water partition coefficient (Wildman–Crippen LogP) is 6.44. The van der Waals surface area contributed by atoms with Gasteiger partial charge in [0.1, 0.15) is 11.4 Å². The lowest BCUT2D eigenvalue weighted by Gasteiger charge is -2.71. The van der Waals surface area contributed by atoms with Crippen LogP contribution in [0.3, 0.4) is 0 Å². The number of Topliss-reactive ketones (excluding diaryl/α,β-unsaturated/α-hetero) is 2. The van der Waals surface area contributed by atoms with Crippen LogP contribution in [0.2, 0.25) is 0 Å². The number of hydrogen-bond donors (Lipinski definition) is 1. The quantitative estimate of drug-likeness (QED) is 0.435. The molecule has 35 heavy (non-hydrogen) atoms. The lowest BCUT2D eigenvalue weighted by molar-refractivity contribution is -0.212. The Bertz CT molecular complexity index is 1080. The van der Waals surface area contributed by atoms with Gasteiger partial charge >= 0.3 is 6.07 Å². The summed E-state index contributed by atoms with van der Waals surface area (Å²) in [4.78, 5) is 31.8. The molecule has 192 valence electrons. The fourth-order valence-corrected chi connectivity index (χ4v) is 10.5. The van der Waals surface area contributed by atoms with Gasteiger partial charge < -0.3 is 5.73 Å². The summed E-state index contributed by atoms with van der Waals surface area (Å²) in [6.45, 7) is 16.2. The largest absolute Gasteiger partial charge is 0.325 e. The summed E-state index contributed by atoms with van der Waals surface area (Å²) in [5.41, 5.74) is 7.05. The zero-order valence-electron chi connectivity index (χ0n) is 23.4. The molecule has 4 fully saturated rings. The molecule has 5 aliphatic rings. The van der Waals surface area contributed by atoms with E-state index in [4.69, 9.17) is 5.73 Å². The van der Waals surface area contributed by atoms with Crippen LogP contribution < -0.4 is 5.73 Å². The average Bonchev–Trinajstić information content (AvgIpc) is 2.75. The molecule has 0 aromatic heterocycles. The molecule has 0 radical (unpaired) electrons. The monoisotopic (exact) mass is 479 g/mol. The molecule has 0 amide bonds. The van der Waals surface area contributed by atoms with Crippen LogP contribution in [-0.2, 0) is 9.59 Å². The summed E-state index contributed by atoms with van der Waals surface area (Å²) in [5, 5.41) is 0. The van der Waals surface area contributed by atoms with Crippen molar-refractivity contribution in [2.24, 2.45) is 56.5 Å². The predicted molar refractivity (Wildman–Crippen MR) is 141 cm³/mol. The summed E-state index contributed by atoms with van der Waals surface area (Å²) < 4.78 is 0. The number of hydrogen-bond acceptors (Lipinski definition) is 3. The summed E-state index contributed by atoms with van der Waals surface area (Å²) in [6.07, 6.45) is 10.2. The van der Waals surface area contributed by atoms with Gasteiger partial charge in [0, 0.05) is 23.3 Å². The molecule has 4 heteroatoms. The molecular formula is C31H47N2O2+. The highest BCUT2D eigenvalue weighted by Gasteiger charge is 2.71. The van der Waals surface area contributed by atoms with Crippen molar-refractivity contribution in [3.8, 4) is 6.07 Å². The second-order valence-corrected chi connectivity index (χ2v) is 15.1. The summed E-state index contributed by atoms with van der Waals surface area (Å²) in [7, 11) is 1.68. The molecule has 4 nitrogen and oxygen atoms in total. The molecule has 0 unspecified atom stereocenters. The van der Waals surface area contributed by atoms with Crippen molar-refractivity contribution in [1.82, 2.24) is 0 Å². The molecule has 5 rings (SSSR count). The van der Waals surface area contributed by atoms with Gasteiger partial charge in [0.05, 0.1) is 0 Å².